The van der Waals surface area contributed by atoms with Gasteiger partial charge in [0.15, 0.2) is 0 Å². The molecule has 8 nitrogen and oxygen atoms in total. The number of hydrogen-bond donors (Lipinski definition) is 1. The molecule has 4 rings (SSSR count). The first kappa shape index (κ1) is 16.9. The zero-order chi connectivity index (χ0) is 17.8. The predicted molar refractivity (Wildman–Crippen MR) is 96.5 cm³/mol. The van der Waals surface area contributed by atoms with E-state index in [0.717, 1.165) is 30.9 Å². The molecule has 0 radical (unpaired) electrons. The number of carbonyl (C=O) groups excluding carboxylic acids is 1. The second-order valence-electron chi connectivity index (χ2n) is 7.06. The fraction of sp³-hybridized carbons (Fsp3) is 0.611. The van der Waals surface area contributed by atoms with Crippen LogP contribution in [-0.4, -0.2) is 54.7 Å². The third-order valence-electron chi connectivity index (χ3n) is 5.35. The molecule has 0 unspecified atom stereocenters. The fourth-order valence-corrected chi connectivity index (χ4v) is 3.88. The van der Waals surface area contributed by atoms with Crippen molar-refractivity contribution in [3.63, 3.8) is 0 Å². The predicted octanol–water partition coefficient (Wildman–Crippen LogP) is 1.44. The summed E-state index contributed by atoms with van der Waals surface area (Å²) in [5, 5.41) is 7.66. The Morgan fingerprint density at radius 3 is 2.81 bits per heavy atom. The van der Waals surface area contributed by atoms with E-state index in [1.54, 1.807) is 17.3 Å². The van der Waals surface area contributed by atoms with Crippen LogP contribution in [0.25, 0.3) is 0 Å². The quantitative estimate of drug-likeness (QED) is 0.873. The van der Waals surface area contributed by atoms with Gasteiger partial charge in [-0.2, -0.15) is 5.10 Å². The molecule has 0 bridgehead atoms. The highest BCUT2D eigenvalue weighted by atomic mass is 16.2. The highest BCUT2D eigenvalue weighted by Crippen LogP contribution is 2.26. The maximum atomic E-state index is 12.6. The molecule has 0 atom stereocenters. The average Bonchev–Trinajstić information content (AvgIpc) is 3.31. The lowest BCUT2D eigenvalue weighted by Crippen LogP contribution is -2.33. The van der Waals surface area contributed by atoms with Crippen LogP contribution in [0.15, 0.2) is 19.0 Å². The Morgan fingerprint density at radius 2 is 2.00 bits per heavy atom. The maximum Gasteiger partial charge on any atom is 0.224 e. The monoisotopic (exact) mass is 355 g/mol. The molecule has 1 amide bonds. The highest BCUT2D eigenvalue weighted by Gasteiger charge is 2.23. The minimum absolute atomic E-state index is 0.159. The zero-order valence-corrected chi connectivity index (χ0v) is 15.0. The summed E-state index contributed by atoms with van der Waals surface area (Å²) in [6, 6.07) is 0.526. The van der Waals surface area contributed by atoms with Crippen LogP contribution in [0.1, 0.15) is 43.4 Å². The number of nitrogens with one attached hydrogen (secondary N) is 1. The molecule has 1 aliphatic carbocycles. The molecule has 3 heterocycles. The van der Waals surface area contributed by atoms with E-state index in [9.17, 15) is 4.79 Å². The summed E-state index contributed by atoms with van der Waals surface area (Å²) in [4.78, 5) is 27.4. The van der Waals surface area contributed by atoms with Crippen molar-refractivity contribution in [2.45, 2.75) is 57.5 Å². The van der Waals surface area contributed by atoms with Gasteiger partial charge in [-0.05, 0) is 19.3 Å². The normalized spacial score (nSPS) is 17.8. The first-order valence-electron chi connectivity index (χ1n) is 9.49. The number of aryl methyl sites for hydroxylation is 1. The van der Waals surface area contributed by atoms with Crippen molar-refractivity contribution in [2.24, 2.45) is 0 Å². The van der Waals surface area contributed by atoms with Crippen LogP contribution >= 0.6 is 0 Å². The third kappa shape index (κ3) is 3.84. The SMILES string of the molecule is O=C(CCn1cncn1)N1CCc2ncnc(NC3CCCC3)c2CC1. The van der Waals surface area contributed by atoms with Gasteiger partial charge in [0.2, 0.25) is 5.91 Å². The lowest BCUT2D eigenvalue weighted by atomic mass is 10.1. The minimum atomic E-state index is 0.159. The molecule has 0 saturated heterocycles. The summed E-state index contributed by atoms with van der Waals surface area (Å²) >= 11 is 0. The second kappa shape index (κ2) is 7.80. The molecule has 0 aromatic carbocycles. The van der Waals surface area contributed by atoms with Crippen LogP contribution in [0.4, 0.5) is 5.82 Å². The maximum absolute atomic E-state index is 12.6. The van der Waals surface area contributed by atoms with Crippen LogP contribution < -0.4 is 5.32 Å². The Labute approximate surface area is 153 Å². The summed E-state index contributed by atoms with van der Waals surface area (Å²) in [6.07, 6.45) is 11.8. The van der Waals surface area contributed by atoms with Gasteiger partial charge in [0, 0.05) is 37.5 Å². The number of anilines is 1. The topological polar surface area (TPSA) is 88.8 Å². The molecule has 1 aliphatic heterocycles. The molecule has 1 saturated carbocycles. The van der Waals surface area contributed by atoms with E-state index < -0.39 is 0 Å². The van der Waals surface area contributed by atoms with Crippen LogP contribution in [0, 0.1) is 0 Å². The Bertz CT molecular complexity index is 740. The number of hydrogen-bond acceptors (Lipinski definition) is 6. The van der Waals surface area contributed by atoms with E-state index in [1.165, 1.54) is 37.6 Å². The smallest absolute Gasteiger partial charge is 0.224 e. The summed E-state index contributed by atoms with van der Waals surface area (Å²) < 4.78 is 1.69. The van der Waals surface area contributed by atoms with Gasteiger partial charge in [0.1, 0.15) is 24.8 Å². The number of carbonyl (C=O) groups is 1. The summed E-state index contributed by atoms with van der Waals surface area (Å²) in [5.74, 6) is 1.13. The van der Waals surface area contributed by atoms with Crippen molar-refractivity contribution in [1.29, 1.82) is 0 Å². The van der Waals surface area contributed by atoms with Crippen molar-refractivity contribution in [1.82, 2.24) is 29.6 Å². The van der Waals surface area contributed by atoms with E-state index in [1.807, 2.05) is 4.90 Å². The Hall–Kier alpha value is -2.51. The molecular formula is C18H25N7O. The lowest BCUT2D eigenvalue weighted by molar-refractivity contribution is -0.131. The molecule has 138 valence electrons. The van der Waals surface area contributed by atoms with E-state index >= 15 is 0 Å². The summed E-state index contributed by atoms with van der Waals surface area (Å²) in [7, 11) is 0. The third-order valence-corrected chi connectivity index (χ3v) is 5.35. The van der Waals surface area contributed by atoms with Crippen molar-refractivity contribution >= 4 is 11.7 Å². The average molecular weight is 355 g/mol. The van der Waals surface area contributed by atoms with E-state index in [0.29, 0.717) is 25.6 Å². The number of fused-ring (bicyclic) bond motifs is 1. The Kier molecular flexibility index (Phi) is 5.08. The first-order chi connectivity index (χ1) is 12.8. The van der Waals surface area contributed by atoms with Gasteiger partial charge in [-0.25, -0.2) is 15.0 Å². The van der Waals surface area contributed by atoms with Crippen LogP contribution in [-0.2, 0) is 24.2 Å². The van der Waals surface area contributed by atoms with Crippen LogP contribution in [0.3, 0.4) is 0 Å². The Balaban J connectivity index is 1.39. The molecule has 2 aromatic heterocycles. The first-order valence-corrected chi connectivity index (χ1v) is 9.49. The number of amides is 1. The zero-order valence-electron chi connectivity index (χ0n) is 15.0. The van der Waals surface area contributed by atoms with Gasteiger partial charge < -0.3 is 10.2 Å². The highest BCUT2D eigenvalue weighted by molar-refractivity contribution is 5.76. The van der Waals surface area contributed by atoms with Gasteiger partial charge >= 0.3 is 0 Å². The van der Waals surface area contributed by atoms with E-state index in [2.05, 4.69) is 25.4 Å². The van der Waals surface area contributed by atoms with Gasteiger partial charge in [-0.3, -0.25) is 9.48 Å². The molecular weight excluding hydrogens is 330 g/mol. The Morgan fingerprint density at radius 1 is 1.15 bits per heavy atom. The van der Waals surface area contributed by atoms with E-state index in [-0.39, 0.29) is 5.91 Å². The van der Waals surface area contributed by atoms with Gasteiger partial charge in [0.05, 0.1) is 12.2 Å². The largest absolute Gasteiger partial charge is 0.367 e. The van der Waals surface area contributed by atoms with Gasteiger partial charge in [-0.15, -0.1) is 0 Å². The van der Waals surface area contributed by atoms with Gasteiger partial charge in [0.25, 0.3) is 0 Å². The van der Waals surface area contributed by atoms with Gasteiger partial charge in [-0.1, -0.05) is 12.8 Å². The molecule has 0 spiro atoms. The molecule has 1 fully saturated rings. The second-order valence-corrected chi connectivity index (χ2v) is 7.06. The number of nitrogens with zero attached hydrogens (tertiary/aromatic N) is 6. The minimum Gasteiger partial charge on any atom is -0.367 e. The molecule has 2 aliphatic rings. The molecule has 26 heavy (non-hydrogen) atoms. The van der Waals surface area contributed by atoms with Crippen LogP contribution in [0.5, 0.6) is 0 Å². The van der Waals surface area contributed by atoms with Crippen molar-refractivity contribution in [3.8, 4) is 0 Å². The van der Waals surface area contributed by atoms with Crippen molar-refractivity contribution in [3.05, 3.63) is 30.2 Å². The van der Waals surface area contributed by atoms with Crippen molar-refractivity contribution in [2.75, 3.05) is 18.4 Å². The molecule has 8 heteroatoms. The number of rotatable bonds is 5. The summed E-state index contributed by atoms with van der Waals surface area (Å²) in [5.41, 5.74) is 2.26. The lowest BCUT2D eigenvalue weighted by Gasteiger charge is -2.20. The standard InChI is InChI=1S/C18H25N7O/c26-17(7-10-25-13-19-11-22-25)24-8-5-15-16(6-9-24)20-12-21-18(15)23-14-3-1-2-4-14/h11-14H,1-10H2,(H,20,21,23). The number of aromatic nitrogens is 5. The van der Waals surface area contributed by atoms with Crippen molar-refractivity contribution < 1.29 is 4.79 Å². The van der Waals surface area contributed by atoms with Crippen LogP contribution in [0.2, 0.25) is 0 Å². The molecule has 1 N–H and O–H groups in total. The molecule has 2 aromatic rings. The fourth-order valence-electron chi connectivity index (χ4n) is 3.88. The van der Waals surface area contributed by atoms with E-state index in [4.69, 9.17) is 0 Å². The summed E-state index contributed by atoms with van der Waals surface area (Å²) in [6.45, 7) is 2.00.